The lowest BCUT2D eigenvalue weighted by Gasteiger charge is -2.41. The molecule has 1 saturated carbocycles. The quantitative estimate of drug-likeness (QED) is 0.158. The third-order valence-corrected chi connectivity index (χ3v) is 6.13. The number of benzene rings is 3. The maximum Gasteiger partial charge on any atom is 0.318 e. The number of non-ortho nitro benzene ring substituents is 2. The zero-order chi connectivity index (χ0) is 24.8. The normalized spacial score (nSPS) is 14.2. The number of hydrogen-bond acceptors (Lipinski definition) is 7. The molecular weight excluding hydrogens is 452 g/mol. The van der Waals surface area contributed by atoms with Crippen molar-refractivity contribution in [3.8, 4) is 11.5 Å². The minimum absolute atomic E-state index is 0.105. The Bertz CT molecular complexity index is 1130. The van der Waals surface area contributed by atoms with Crippen molar-refractivity contribution in [2.24, 2.45) is 5.92 Å². The van der Waals surface area contributed by atoms with Crippen LogP contribution >= 0.6 is 0 Å². The highest BCUT2D eigenvalue weighted by atomic mass is 16.7. The Morgan fingerprint density at radius 2 is 1.17 bits per heavy atom. The van der Waals surface area contributed by atoms with E-state index in [4.69, 9.17) is 9.47 Å². The molecular formula is C26H24N2O7. The Kier molecular flexibility index (Phi) is 7.05. The number of nitro groups is 2. The standard InChI is InChI=1S/C26H24N2O7/c29-25(19-7-3-1-4-8-19)26(20-9-5-2-6-10-20,34-23-15-11-21(12-16-23)27(30)31)35-24-17-13-22(14-18-24)28(32)33/h1,3-4,7-8,11-18,20H,2,5-6,9-10H2. The van der Waals surface area contributed by atoms with Crippen LogP contribution < -0.4 is 9.47 Å². The predicted octanol–water partition coefficient (Wildman–Crippen LogP) is 6.12. The van der Waals surface area contributed by atoms with Crippen LogP contribution in [0.3, 0.4) is 0 Å². The zero-order valence-electron chi connectivity index (χ0n) is 18.9. The molecule has 3 aromatic carbocycles. The first-order valence-corrected chi connectivity index (χ1v) is 11.4. The van der Waals surface area contributed by atoms with Crippen molar-refractivity contribution in [2.45, 2.75) is 37.9 Å². The SMILES string of the molecule is O=C(c1ccccc1)C(Oc1ccc([N+](=O)[O-])cc1)(Oc1ccc([N+](=O)[O-])cc1)C1CCCCC1. The summed E-state index contributed by atoms with van der Waals surface area (Å²) in [6.45, 7) is 0. The molecule has 1 aliphatic carbocycles. The van der Waals surface area contributed by atoms with Crippen LogP contribution in [0.2, 0.25) is 0 Å². The van der Waals surface area contributed by atoms with E-state index in [0.29, 0.717) is 18.4 Å². The van der Waals surface area contributed by atoms with Crippen molar-refractivity contribution in [3.05, 3.63) is 105 Å². The fourth-order valence-corrected chi connectivity index (χ4v) is 4.36. The van der Waals surface area contributed by atoms with E-state index in [0.717, 1.165) is 19.3 Å². The number of ketones is 1. The number of ether oxygens (including phenoxy) is 2. The number of rotatable bonds is 9. The Hall–Kier alpha value is -4.27. The Morgan fingerprint density at radius 3 is 1.60 bits per heavy atom. The molecule has 9 nitrogen and oxygen atoms in total. The first kappa shape index (κ1) is 23.9. The summed E-state index contributed by atoms with van der Waals surface area (Å²) in [5.41, 5.74) is 0.180. The summed E-state index contributed by atoms with van der Waals surface area (Å²) in [6.07, 6.45) is 4.17. The molecule has 1 aliphatic rings. The molecule has 0 aliphatic heterocycles. The van der Waals surface area contributed by atoms with Crippen LogP contribution in [0, 0.1) is 26.1 Å². The molecule has 0 unspecified atom stereocenters. The highest BCUT2D eigenvalue weighted by Gasteiger charge is 2.51. The molecule has 0 N–H and O–H groups in total. The van der Waals surface area contributed by atoms with Crippen LogP contribution in [0.15, 0.2) is 78.9 Å². The lowest BCUT2D eigenvalue weighted by Crippen LogP contribution is -2.56. The molecule has 0 radical (unpaired) electrons. The molecule has 9 heteroatoms. The van der Waals surface area contributed by atoms with E-state index in [9.17, 15) is 25.0 Å². The lowest BCUT2D eigenvalue weighted by molar-refractivity contribution is -0.385. The molecule has 0 spiro atoms. The van der Waals surface area contributed by atoms with Gasteiger partial charge in [0, 0.05) is 35.7 Å². The van der Waals surface area contributed by atoms with E-state index in [1.54, 1.807) is 30.3 Å². The van der Waals surface area contributed by atoms with Gasteiger partial charge in [-0.15, -0.1) is 0 Å². The largest absolute Gasteiger partial charge is 0.445 e. The molecule has 0 aromatic heterocycles. The van der Waals surface area contributed by atoms with E-state index in [1.165, 1.54) is 48.5 Å². The molecule has 4 rings (SSSR count). The number of nitro benzene ring substituents is 2. The fourth-order valence-electron chi connectivity index (χ4n) is 4.36. The monoisotopic (exact) mass is 476 g/mol. The Morgan fingerprint density at radius 1 is 0.714 bits per heavy atom. The van der Waals surface area contributed by atoms with Gasteiger partial charge in [-0.3, -0.25) is 25.0 Å². The van der Waals surface area contributed by atoms with Gasteiger partial charge in [0.2, 0.25) is 5.78 Å². The number of carbonyl (C=O) groups is 1. The molecule has 0 saturated heterocycles. The Labute approximate surface area is 201 Å². The van der Waals surface area contributed by atoms with E-state index in [-0.39, 0.29) is 34.6 Å². The summed E-state index contributed by atoms with van der Waals surface area (Å²) < 4.78 is 12.7. The van der Waals surface area contributed by atoms with Gasteiger partial charge in [-0.25, -0.2) is 0 Å². The van der Waals surface area contributed by atoms with Gasteiger partial charge in [-0.05, 0) is 37.1 Å². The number of hydrogen-bond donors (Lipinski definition) is 0. The van der Waals surface area contributed by atoms with Gasteiger partial charge in [0.05, 0.1) is 9.85 Å². The average molecular weight is 476 g/mol. The molecule has 180 valence electrons. The van der Waals surface area contributed by atoms with Crippen LogP contribution in [0.1, 0.15) is 42.5 Å². The average Bonchev–Trinajstić information content (AvgIpc) is 2.89. The second kappa shape index (κ2) is 10.3. The first-order chi connectivity index (χ1) is 16.9. The number of Topliss-reactive ketones (excluding diaryl/α,β-unsaturated/α-hetero) is 1. The molecule has 0 heterocycles. The van der Waals surface area contributed by atoms with Gasteiger partial charge in [-0.1, -0.05) is 49.6 Å². The maximum absolute atomic E-state index is 14.1. The Balaban J connectivity index is 1.80. The van der Waals surface area contributed by atoms with Gasteiger partial charge < -0.3 is 9.47 Å². The number of nitrogens with zero attached hydrogens (tertiary/aromatic N) is 2. The molecule has 35 heavy (non-hydrogen) atoms. The summed E-state index contributed by atoms with van der Waals surface area (Å²) in [6, 6.07) is 19.6. The van der Waals surface area contributed by atoms with E-state index < -0.39 is 15.6 Å². The fraction of sp³-hybridized carbons (Fsp3) is 0.269. The van der Waals surface area contributed by atoms with E-state index >= 15 is 0 Å². The zero-order valence-corrected chi connectivity index (χ0v) is 18.9. The smallest absolute Gasteiger partial charge is 0.318 e. The van der Waals surface area contributed by atoms with Gasteiger partial charge in [0.25, 0.3) is 11.4 Å². The van der Waals surface area contributed by atoms with Gasteiger partial charge in [0.1, 0.15) is 11.5 Å². The van der Waals surface area contributed by atoms with Gasteiger partial charge in [-0.2, -0.15) is 0 Å². The molecule has 3 aromatic rings. The first-order valence-electron chi connectivity index (χ1n) is 11.4. The van der Waals surface area contributed by atoms with Gasteiger partial charge in [0.15, 0.2) is 0 Å². The predicted molar refractivity (Wildman–Crippen MR) is 128 cm³/mol. The topological polar surface area (TPSA) is 122 Å². The van der Waals surface area contributed by atoms with Crippen molar-refractivity contribution in [3.63, 3.8) is 0 Å². The summed E-state index contributed by atoms with van der Waals surface area (Å²) in [4.78, 5) is 35.2. The van der Waals surface area contributed by atoms with Crippen LogP contribution in [-0.2, 0) is 0 Å². The number of carbonyl (C=O) groups excluding carboxylic acids is 1. The lowest BCUT2D eigenvalue weighted by atomic mass is 9.79. The highest BCUT2D eigenvalue weighted by Crippen LogP contribution is 2.40. The van der Waals surface area contributed by atoms with Crippen LogP contribution in [0.25, 0.3) is 0 Å². The molecule has 0 bridgehead atoms. The maximum atomic E-state index is 14.1. The third-order valence-electron chi connectivity index (χ3n) is 6.13. The van der Waals surface area contributed by atoms with Crippen molar-refractivity contribution >= 4 is 17.2 Å². The summed E-state index contributed by atoms with van der Waals surface area (Å²) >= 11 is 0. The summed E-state index contributed by atoms with van der Waals surface area (Å²) in [5.74, 6) is -1.98. The van der Waals surface area contributed by atoms with Crippen molar-refractivity contribution in [1.29, 1.82) is 0 Å². The molecule has 0 amide bonds. The van der Waals surface area contributed by atoms with Crippen LogP contribution in [-0.4, -0.2) is 21.4 Å². The van der Waals surface area contributed by atoms with Crippen molar-refractivity contribution in [1.82, 2.24) is 0 Å². The van der Waals surface area contributed by atoms with Crippen LogP contribution in [0.4, 0.5) is 11.4 Å². The van der Waals surface area contributed by atoms with Crippen molar-refractivity contribution in [2.75, 3.05) is 0 Å². The summed E-state index contributed by atoms with van der Waals surface area (Å²) in [7, 11) is 0. The second-order valence-corrected chi connectivity index (χ2v) is 8.40. The minimum Gasteiger partial charge on any atom is -0.445 e. The minimum atomic E-state index is -1.77. The van der Waals surface area contributed by atoms with Crippen LogP contribution in [0.5, 0.6) is 11.5 Å². The molecule has 0 atom stereocenters. The van der Waals surface area contributed by atoms with E-state index in [2.05, 4.69) is 0 Å². The van der Waals surface area contributed by atoms with Crippen molar-refractivity contribution < 1.29 is 24.1 Å². The second-order valence-electron chi connectivity index (χ2n) is 8.40. The molecule has 1 fully saturated rings. The van der Waals surface area contributed by atoms with Gasteiger partial charge >= 0.3 is 5.79 Å². The van der Waals surface area contributed by atoms with E-state index in [1.807, 2.05) is 0 Å². The third kappa shape index (κ3) is 5.29. The highest BCUT2D eigenvalue weighted by molar-refractivity contribution is 6.02. The summed E-state index contributed by atoms with van der Waals surface area (Å²) in [5, 5.41) is 22.2.